The third-order valence-corrected chi connectivity index (χ3v) is 4.50. The Bertz CT molecular complexity index is 455. The van der Waals surface area contributed by atoms with Crippen LogP contribution < -0.4 is 5.32 Å². The average molecular weight is 289 g/mol. The Morgan fingerprint density at radius 3 is 2.81 bits per heavy atom. The second-order valence-corrected chi connectivity index (χ2v) is 6.22. The Hall–Kier alpha value is -0.900. The van der Waals surface area contributed by atoms with Crippen LogP contribution in [0, 0.1) is 0 Å². The van der Waals surface area contributed by atoms with Crippen LogP contribution in [0.3, 0.4) is 0 Å². The highest BCUT2D eigenvalue weighted by Gasteiger charge is 2.22. The van der Waals surface area contributed by atoms with Crippen LogP contribution in [-0.2, 0) is 28.7 Å². The van der Waals surface area contributed by atoms with Crippen molar-refractivity contribution in [1.82, 2.24) is 5.32 Å². The summed E-state index contributed by atoms with van der Waals surface area (Å²) in [6, 6.07) is 7.49. The van der Waals surface area contributed by atoms with E-state index in [1.807, 2.05) is 0 Å². The minimum Gasteiger partial charge on any atom is -0.350 e. The zero-order valence-electron chi connectivity index (χ0n) is 13.1. The zero-order chi connectivity index (χ0) is 14.5. The van der Waals surface area contributed by atoms with Gasteiger partial charge in [-0.2, -0.15) is 0 Å². The standard InChI is InChI=1S/C18H27NO2/c1-2-8-19-17(13-18-20-9-10-21-18)12-14-6-7-15-4-3-5-16(15)11-14/h6-7,11,17-19H,2-5,8-10,12-13H2,1H3. The molecule has 3 heteroatoms. The zero-order valence-corrected chi connectivity index (χ0v) is 13.1. The number of aryl methyl sites for hydroxylation is 2. The van der Waals surface area contributed by atoms with E-state index in [1.54, 1.807) is 11.1 Å². The van der Waals surface area contributed by atoms with E-state index in [-0.39, 0.29) is 6.29 Å². The second-order valence-electron chi connectivity index (χ2n) is 6.22. The van der Waals surface area contributed by atoms with E-state index in [0.29, 0.717) is 6.04 Å². The Morgan fingerprint density at radius 2 is 2.00 bits per heavy atom. The maximum absolute atomic E-state index is 5.61. The summed E-state index contributed by atoms with van der Waals surface area (Å²) >= 11 is 0. The quantitative estimate of drug-likeness (QED) is 0.837. The number of hydrogen-bond acceptors (Lipinski definition) is 3. The molecule has 1 fully saturated rings. The minimum atomic E-state index is -0.0196. The smallest absolute Gasteiger partial charge is 0.159 e. The lowest BCUT2D eigenvalue weighted by Crippen LogP contribution is -2.35. The van der Waals surface area contributed by atoms with Crippen molar-refractivity contribution in [3.63, 3.8) is 0 Å². The predicted octanol–water partition coefficient (Wildman–Crippen LogP) is 2.85. The van der Waals surface area contributed by atoms with Crippen LogP contribution in [0.15, 0.2) is 18.2 Å². The Morgan fingerprint density at radius 1 is 1.19 bits per heavy atom. The molecule has 1 heterocycles. The normalized spacial score (nSPS) is 19.9. The maximum Gasteiger partial charge on any atom is 0.159 e. The van der Waals surface area contributed by atoms with Crippen LogP contribution in [0.5, 0.6) is 0 Å². The van der Waals surface area contributed by atoms with Gasteiger partial charge < -0.3 is 14.8 Å². The molecule has 116 valence electrons. The summed E-state index contributed by atoms with van der Waals surface area (Å²) in [4.78, 5) is 0. The largest absolute Gasteiger partial charge is 0.350 e. The lowest BCUT2D eigenvalue weighted by Gasteiger charge is -2.21. The van der Waals surface area contributed by atoms with Gasteiger partial charge >= 0.3 is 0 Å². The molecule has 3 rings (SSSR count). The molecule has 1 atom stereocenters. The summed E-state index contributed by atoms with van der Waals surface area (Å²) in [5.41, 5.74) is 4.57. The number of rotatable bonds is 7. The van der Waals surface area contributed by atoms with Crippen molar-refractivity contribution < 1.29 is 9.47 Å². The molecular formula is C18H27NO2. The summed E-state index contributed by atoms with van der Waals surface area (Å²) in [7, 11) is 0. The highest BCUT2D eigenvalue weighted by atomic mass is 16.7. The van der Waals surface area contributed by atoms with Crippen molar-refractivity contribution in [1.29, 1.82) is 0 Å². The van der Waals surface area contributed by atoms with E-state index in [9.17, 15) is 0 Å². The van der Waals surface area contributed by atoms with Gasteiger partial charge in [0.25, 0.3) is 0 Å². The van der Waals surface area contributed by atoms with E-state index in [0.717, 1.165) is 39.0 Å². The van der Waals surface area contributed by atoms with E-state index in [2.05, 4.69) is 30.4 Å². The Balaban J connectivity index is 1.62. The fourth-order valence-corrected chi connectivity index (χ4v) is 3.40. The van der Waals surface area contributed by atoms with Crippen molar-refractivity contribution in [2.75, 3.05) is 19.8 Å². The summed E-state index contributed by atoms with van der Waals surface area (Å²) in [6.07, 6.45) is 6.98. The molecule has 1 aromatic carbocycles. The minimum absolute atomic E-state index is 0.0196. The molecule has 0 spiro atoms. The molecule has 3 nitrogen and oxygen atoms in total. The monoisotopic (exact) mass is 289 g/mol. The van der Waals surface area contributed by atoms with E-state index in [4.69, 9.17) is 9.47 Å². The third-order valence-electron chi connectivity index (χ3n) is 4.50. The molecule has 21 heavy (non-hydrogen) atoms. The van der Waals surface area contributed by atoms with Gasteiger partial charge in [0.1, 0.15) is 0 Å². The number of benzene rings is 1. The SMILES string of the molecule is CCCNC(Cc1ccc2c(c1)CCC2)CC1OCCO1. The molecule has 0 bridgehead atoms. The molecule has 1 aliphatic heterocycles. The highest BCUT2D eigenvalue weighted by Crippen LogP contribution is 2.24. The molecule has 0 radical (unpaired) electrons. The van der Waals surface area contributed by atoms with Crippen molar-refractivity contribution in [2.24, 2.45) is 0 Å². The number of hydrogen-bond donors (Lipinski definition) is 1. The first-order valence-electron chi connectivity index (χ1n) is 8.42. The first-order valence-corrected chi connectivity index (χ1v) is 8.42. The van der Waals surface area contributed by atoms with Crippen molar-refractivity contribution in [3.8, 4) is 0 Å². The molecular weight excluding hydrogens is 262 g/mol. The predicted molar refractivity (Wildman–Crippen MR) is 84.6 cm³/mol. The summed E-state index contributed by atoms with van der Waals surface area (Å²) in [5, 5.41) is 3.65. The van der Waals surface area contributed by atoms with Gasteiger partial charge in [0.15, 0.2) is 6.29 Å². The van der Waals surface area contributed by atoms with Gasteiger partial charge in [0.05, 0.1) is 13.2 Å². The van der Waals surface area contributed by atoms with Crippen molar-refractivity contribution >= 4 is 0 Å². The number of fused-ring (bicyclic) bond motifs is 1. The fourth-order valence-electron chi connectivity index (χ4n) is 3.40. The van der Waals surface area contributed by atoms with Crippen LogP contribution >= 0.6 is 0 Å². The average Bonchev–Trinajstić information content (AvgIpc) is 3.15. The van der Waals surface area contributed by atoms with Gasteiger partial charge in [-0.1, -0.05) is 25.1 Å². The van der Waals surface area contributed by atoms with E-state index in [1.165, 1.54) is 24.8 Å². The molecule has 1 aliphatic carbocycles. The third kappa shape index (κ3) is 4.06. The van der Waals surface area contributed by atoms with Crippen molar-refractivity contribution in [3.05, 3.63) is 34.9 Å². The molecule has 0 aromatic heterocycles. The summed E-state index contributed by atoms with van der Waals surface area (Å²) in [6.45, 7) is 4.75. The Labute approximate surface area is 128 Å². The molecule has 1 aromatic rings. The van der Waals surface area contributed by atoms with Gasteiger partial charge in [-0.05, 0) is 55.3 Å². The van der Waals surface area contributed by atoms with Gasteiger partial charge in [-0.15, -0.1) is 0 Å². The molecule has 1 N–H and O–H groups in total. The van der Waals surface area contributed by atoms with Crippen molar-refractivity contribution in [2.45, 2.75) is 57.8 Å². The summed E-state index contributed by atoms with van der Waals surface area (Å²) < 4.78 is 11.2. The number of ether oxygens (including phenoxy) is 2. The molecule has 0 amide bonds. The van der Waals surface area contributed by atoms with E-state index >= 15 is 0 Å². The number of nitrogens with one attached hydrogen (secondary N) is 1. The van der Waals surface area contributed by atoms with Crippen LogP contribution in [0.1, 0.15) is 42.9 Å². The lowest BCUT2D eigenvalue weighted by atomic mass is 9.99. The van der Waals surface area contributed by atoms with Gasteiger partial charge in [0.2, 0.25) is 0 Å². The highest BCUT2D eigenvalue weighted by molar-refractivity contribution is 5.35. The molecule has 1 saturated heterocycles. The molecule has 0 saturated carbocycles. The topological polar surface area (TPSA) is 30.5 Å². The van der Waals surface area contributed by atoms with E-state index < -0.39 is 0 Å². The van der Waals surface area contributed by atoms with Gasteiger partial charge in [-0.3, -0.25) is 0 Å². The van der Waals surface area contributed by atoms with Gasteiger partial charge in [-0.25, -0.2) is 0 Å². The molecule has 1 unspecified atom stereocenters. The lowest BCUT2D eigenvalue weighted by molar-refractivity contribution is -0.0526. The van der Waals surface area contributed by atoms with Crippen LogP contribution in [0.25, 0.3) is 0 Å². The van der Waals surface area contributed by atoms with Gasteiger partial charge in [0, 0.05) is 12.5 Å². The first kappa shape index (κ1) is 15.0. The second kappa shape index (κ2) is 7.39. The Kier molecular flexibility index (Phi) is 5.28. The van der Waals surface area contributed by atoms with Crippen LogP contribution in [0.4, 0.5) is 0 Å². The molecule has 2 aliphatic rings. The van der Waals surface area contributed by atoms with Crippen LogP contribution in [-0.4, -0.2) is 32.1 Å². The fraction of sp³-hybridized carbons (Fsp3) is 0.667. The van der Waals surface area contributed by atoms with Crippen LogP contribution in [0.2, 0.25) is 0 Å². The summed E-state index contributed by atoms with van der Waals surface area (Å²) in [5.74, 6) is 0. The maximum atomic E-state index is 5.61. The first-order chi connectivity index (χ1) is 10.3.